The molecule has 1 aliphatic rings. The summed E-state index contributed by atoms with van der Waals surface area (Å²) in [7, 11) is 0. The van der Waals surface area contributed by atoms with E-state index in [1.807, 2.05) is 6.20 Å². The van der Waals surface area contributed by atoms with Gasteiger partial charge in [-0.05, 0) is 142 Å². The van der Waals surface area contributed by atoms with E-state index in [-0.39, 0.29) is 5.92 Å². The number of nitrogens with zero attached hydrogens (tertiary/aromatic N) is 2. The second-order valence-corrected chi connectivity index (χ2v) is 18.1. The SMILES string of the molecule is CC1c2ccc(-c3cccc(-c4ccccc4)c3)cc2-c2cc(-c3cccc(-c4ccccc4)c3)cc(-c3cccc(-c4cccc(-c5cnc6c7ccccc7c7ccccc7c6n5)c4)c3)c21. The minimum absolute atomic E-state index is 0.205. The molecule has 1 aliphatic carbocycles. The summed E-state index contributed by atoms with van der Waals surface area (Å²) in [5.41, 5.74) is 23.5. The average molecular weight is 865 g/mol. The van der Waals surface area contributed by atoms with Gasteiger partial charge in [-0.15, -0.1) is 0 Å². The Hall–Kier alpha value is -8.72. The maximum absolute atomic E-state index is 5.34. The van der Waals surface area contributed by atoms with Crippen molar-refractivity contribution in [3.05, 3.63) is 254 Å². The van der Waals surface area contributed by atoms with E-state index < -0.39 is 0 Å². The van der Waals surface area contributed by atoms with E-state index in [0.29, 0.717) is 0 Å². The summed E-state index contributed by atoms with van der Waals surface area (Å²) in [6, 6.07) is 86.2. The molecule has 0 N–H and O–H groups in total. The summed E-state index contributed by atoms with van der Waals surface area (Å²) in [6.07, 6.45) is 1.94. The fourth-order valence-electron chi connectivity index (χ4n) is 10.8. The Morgan fingerprint density at radius 2 is 0.706 bits per heavy atom. The van der Waals surface area contributed by atoms with Crippen molar-refractivity contribution >= 4 is 32.6 Å². The van der Waals surface area contributed by atoms with E-state index in [4.69, 9.17) is 9.97 Å². The van der Waals surface area contributed by atoms with E-state index in [9.17, 15) is 0 Å². The molecule has 13 rings (SSSR count). The number of rotatable bonds is 7. The van der Waals surface area contributed by atoms with Crippen LogP contribution < -0.4 is 0 Å². The van der Waals surface area contributed by atoms with Gasteiger partial charge in [0.05, 0.1) is 22.9 Å². The molecule has 318 valence electrons. The third-order valence-corrected chi connectivity index (χ3v) is 14.1. The summed E-state index contributed by atoms with van der Waals surface area (Å²) >= 11 is 0. The van der Waals surface area contributed by atoms with Crippen LogP contribution in [0.5, 0.6) is 0 Å². The summed E-state index contributed by atoms with van der Waals surface area (Å²) in [4.78, 5) is 10.4. The van der Waals surface area contributed by atoms with Gasteiger partial charge in [0.2, 0.25) is 0 Å². The zero-order valence-electron chi connectivity index (χ0n) is 37.6. The number of benzene rings is 11. The molecule has 0 amide bonds. The van der Waals surface area contributed by atoms with Gasteiger partial charge in [0.25, 0.3) is 0 Å². The van der Waals surface area contributed by atoms with Crippen molar-refractivity contribution in [2.75, 3.05) is 0 Å². The molecule has 0 radical (unpaired) electrons. The molecule has 12 aromatic rings. The van der Waals surface area contributed by atoms with Crippen LogP contribution in [0.3, 0.4) is 0 Å². The largest absolute Gasteiger partial charge is 0.252 e. The molecule has 1 atom stereocenters. The number of hydrogen-bond donors (Lipinski definition) is 0. The smallest absolute Gasteiger partial charge is 0.0979 e. The molecule has 1 aromatic heterocycles. The minimum Gasteiger partial charge on any atom is -0.252 e. The molecule has 2 heteroatoms. The van der Waals surface area contributed by atoms with Crippen molar-refractivity contribution in [3.8, 4) is 89.1 Å². The van der Waals surface area contributed by atoms with Gasteiger partial charge in [-0.25, -0.2) is 4.98 Å². The first kappa shape index (κ1) is 39.6. The lowest BCUT2D eigenvalue weighted by Crippen LogP contribution is -1.95. The molecule has 0 saturated heterocycles. The zero-order valence-corrected chi connectivity index (χ0v) is 37.6. The predicted octanol–water partition coefficient (Wildman–Crippen LogP) is 17.7. The van der Waals surface area contributed by atoms with Gasteiger partial charge in [0.1, 0.15) is 0 Å². The normalized spacial score (nSPS) is 12.9. The van der Waals surface area contributed by atoms with Crippen LogP contribution in [0.25, 0.3) is 122 Å². The van der Waals surface area contributed by atoms with Gasteiger partial charge in [-0.3, -0.25) is 4.98 Å². The summed E-state index contributed by atoms with van der Waals surface area (Å²) in [5, 5.41) is 4.63. The Morgan fingerprint density at radius 1 is 0.294 bits per heavy atom. The Bertz CT molecular complexity index is 3890. The molecule has 1 heterocycles. The van der Waals surface area contributed by atoms with Crippen molar-refractivity contribution in [2.24, 2.45) is 0 Å². The van der Waals surface area contributed by atoms with Crippen molar-refractivity contribution < 1.29 is 0 Å². The highest BCUT2D eigenvalue weighted by Gasteiger charge is 2.30. The van der Waals surface area contributed by atoms with Crippen LogP contribution in [-0.2, 0) is 0 Å². The number of fused-ring (bicyclic) bond motifs is 9. The van der Waals surface area contributed by atoms with Crippen molar-refractivity contribution in [1.82, 2.24) is 9.97 Å². The maximum Gasteiger partial charge on any atom is 0.0979 e. The van der Waals surface area contributed by atoms with Gasteiger partial charge >= 0.3 is 0 Å². The molecule has 0 fully saturated rings. The molecular formula is C66H44N2. The third kappa shape index (κ3) is 6.81. The lowest BCUT2D eigenvalue weighted by molar-refractivity contribution is 0.959. The Kier molecular flexibility index (Phi) is 9.50. The highest BCUT2D eigenvalue weighted by Crippen LogP contribution is 2.52. The molecular weight excluding hydrogens is 821 g/mol. The van der Waals surface area contributed by atoms with Crippen LogP contribution in [0.15, 0.2) is 243 Å². The van der Waals surface area contributed by atoms with E-state index >= 15 is 0 Å². The molecule has 0 bridgehead atoms. The fourth-order valence-corrected chi connectivity index (χ4v) is 10.8. The Balaban J connectivity index is 0.936. The predicted molar refractivity (Wildman–Crippen MR) is 286 cm³/mol. The van der Waals surface area contributed by atoms with E-state index in [0.717, 1.165) is 44.2 Å². The topological polar surface area (TPSA) is 25.8 Å². The van der Waals surface area contributed by atoms with Gasteiger partial charge in [-0.1, -0.05) is 201 Å². The Labute approximate surface area is 396 Å². The molecule has 1 unspecified atom stereocenters. The first-order valence-corrected chi connectivity index (χ1v) is 23.5. The quantitative estimate of drug-likeness (QED) is 0.149. The first-order valence-electron chi connectivity index (χ1n) is 23.5. The van der Waals surface area contributed by atoms with Crippen LogP contribution in [0, 0.1) is 0 Å². The average Bonchev–Trinajstić information content (AvgIpc) is 3.71. The van der Waals surface area contributed by atoms with Gasteiger partial charge in [-0.2, -0.15) is 0 Å². The highest BCUT2D eigenvalue weighted by atomic mass is 14.8. The molecule has 68 heavy (non-hydrogen) atoms. The second-order valence-electron chi connectivity index (χ2n) is 18.1. The van der Waals surface area contributed by atoms with Gasteiger partial charge in [0.15, 0.2) is 0 Å². The molecule has 11 aromatic carbocycles. The zero-order chi connectivity index (χ0) is 45.1. The highest BCUT2D eigenvalue weighted by molar-refractivity contribution is 6.23. The maximum atomic E-state index is 5.34. The van der Waals surface area contributed by atoms with Crippen LogP contribution >= 0.6 is 0 Å². The van der Waals surface area contributed by atoms with Crippen molar-refractivity contribution in [3.63, 3.8) is 0 Å². The monoisotopic (exact) mass is 864 g/mol. The standard InChI is InChI=1S/C66H44N2/c1-42-55-33-32-51(47-22-12-20-45(34-47)43-16-4-2-5-17-43)38-61(55)62-40-54(50-25-13-21-46(35-50)44-18-6-3-7-19-44)39-60(64(42)62)52-26-14-23-48(36-52)49-24-15-27-53(37-49)63-41-67-65-58-30-10-8-28-56(58)57-29-9-11-31-59(57)66(65)68-63/h2-42H,1H3. The number of aromatic nitrogens is 2. The van der Waals surface area contributed by atoms with Crippen LogP contribution in [0.1, 0.15) is 24.0 Å². The van der Waals surface area contributed by atoms with Gasteiger partial charge < -0.3 is 0 Å². The van der Waals surface area contributed by atoms with E-state index in [1.54, 1.807) is 0 Å². The lowest BCUT2D eigenvalue weighted by atomic mass is 9.86. The molecule has 0 saturated carbocycles. The van der Waals surface area contributed by atoms with E-state index in [2.05, 4.69) is 244 Å². The molecule has 0 aliphatic heterocycles. The fraction of sp³-hybridized carbons (Fsp3) is 0.0303. The van der Waals surface area contributed by atoms with Crippen molar-refractivity contribution in [1.29, 1.82) is 0 Å². The number of hydrogen-bond acceptors (Lipinski definition) is 2. The minimum atomic E-state index is 0.205. The second kappa shape index (κ2) is 16.3. The summed E-state index contributed by atoms with van der Waals surface area (Å²) < 4.78 is 0. The third-order valence-electron chi connectivity index (χ3n) is 14.1. The Morgan fingerprint density at radius 3 is 1.31 bits per heavy atom. The van der Waals surface area contributed by atoms with Crippen LogP contribution in [-0.4, -0.2) is 9.97 Å². The van der Waals surface area contributed by atoms with Crippen molar-refractivity contribution in [2.45, 2.75) is 12.8 Å². The summed E-state index contributed by atoms with van der Waals surface area (Å²) in [5.74, 6) is 0.205. The van der Waals surface area contributed by atoms with Gasteiger partial charge in [0, 0.05) is 22.3 Å². The summed E-state index contributed by atoms with van der Waals surface area (Å²) in [6.45, 7) is 2.38. The molecule has 0 spiro atoms. The van der Waals surface area contributed by atoms with Crippen LogP contribution in [0.2, 0.25) is 0 Å². The van der Waals surface area contributed by atoms with E-state index in [1.165, 1.54) is 88.7 Å². The first-order chi connectivity index (χ1) is 33.6. The lowest BCUT2D eigenvalue weighted by Gasteiger charge is -2.17. The molecule has 2 nitrogen and oxygen atoms in total. The van der Waals surface area contributed by atoms with Crippen LogP contribution in [0.4, 0.5) is 0 Å².